The fourth-order valence-corrected chi connectivity index (χ4v) is 13.5. The SMILES string of the molecule is COc1ccc(C[C@@H]2NC(=O)[C@H]([C@@H](C)O)NC(=O)[C@@H]3C[C@H](F)CN3C(=O)[C@H](Cc3c[nH]c4ccc(F)cc34)NC(=O)[C@H](Cc3c[nH]c4ccc(F)cc34)NC(=O)[C@@H](C)NC(=O)[C@H](CCCCN)NC(=O)[C@@H](NC(=O)CC(F)(F)F)CC(=O)NCCOc3ccc(cc3)C[C@@H](C(N)=O)NC(=O)[C@]3(C)CCCN3C2=O)cc1. The van der Waals surface area contributed by atoms with Gasteiger partial charge in [0.1, 0.15) is 102 Å². The smallest absolute Gasteiger partial charge is 0.397 e. The third kappa shape index (κ3) is 21.6. The number of H-pyrrole nitrogens is 2. The first kappa shape index (κ1) is 82.8. The minimum Gasteiger partial charge on any atom is -0.497 e. The lowest BCUT2D eigenvalue weighted by molar-refractivity contribution is -0.155. The van der Waals surface area contributed by atoms with E-state index in [1.165, 1.54) is 67.7 Å². The zero-order valence-electron chi connectivity index (χ0n) is 60.6. The van der Waals surface area contributed by atoms with E-state index < -0.39 is 200 Å². The van der Waals surface area contributed by atoms with Crippen molar-refractivity contribution < 1.29 is 98.5 Å². The number of hydrogen-bond acceptors (Lipinski definition) is 16. The summed E-state index contributed by atoms with van der Waals surface area (Å²) in [5, 5.41) is 33.8. The molecule has 2 saturated heterocycles. The number of amides is 12. The zero-order valence-corrected chi connectivity index (χ0v) is 60.6. The maximum absolute atomic E-state index is 16.2. The van der Waals surface area contributed by atoms with Crippen LogP contribution in [0.4, 0.5) is 26.3 Å². The second-order valence-corrected chi connectivity index (χ2v) is 27.8. The Morgan fingerprint density at radius 1 is 0.718 bits per heavy atom. The molecule has 4 aromatic carbocycles. The number of nitrogens with one attached hydrogen (secondary N) is 11. The van der Waals surface area contributed by atoms with Gasteiger partial charge in [-0.15, -0.1) is 0 Å². The van der Waals surface area contributed by atoms with E-state index in [9.17, 15) is 65.8 Å². The van der Waals surface area contributed by atoms with E-state index in [2.05, 4.69) is 52.5 Å². The Hall–Kier alpha value is -11.3. The number of carbonyl (C=O) groups excluding carboxylic acids is 12. The van der Waals surface area contributed by atoms with Crippen LogP contribution in [0.5, 0.6) is 11.5 Å². The summed E-state index contributed by atoms with van der Waals surface area (Å²) in [6, 6.07) is 3.98. The normalized spacial score (nSPS) is 24.9. The summed E-state index contributed by atoms with van der Waals surface area (Å²) in [6.07, 6.45) is -10.9. The van der Waals surface area contributed by atoms with E-state index in [4.69, 9.17) is 20.9 Å². The molecule has 30 nitrogen and oxygen atoms in total. The molecular weight excluding hydrogens is 1450 g/mol. The Bertz CT molecular complexity index is 4370. The summed E-state index contributed by atoms with van der Waals surface area (Å²) in [5.74, 6) is -14.3. The number of unbranched alkanes of at least 4 members (excludes halogenated alkanes) is 1. The highest BCUT2D eigenvalue weighted by Crippen LogP contribution is 2.32. The standard InChI is InChI=1S/C74H89F6N15O15/c1-38-64(100)89-55(28-42-35-84-51-19-13-44(75)30-49(42)51)66(102)90-58(29-43-36-85-52-20-14-45(76)31-50(43)52)70(106)94-37-46(77)32-59(94)68(104)93-62(39(2)96)69(105)91-57(27-41-9-15-47(109-4)16-10-41)71(107)95-24-7-21-73(95,3)72(108)92-54(63(82)99)26-40-11-17-48(18-12-40)110-25-23-83-60(97)33-56(87-61(98)34-74(78,79)80)67(103)88-53(65(101)86-38)8-5-6-22-81/h9-20,30-31,35-36,38-39,46,53-59,62,84-85,96H,5-8,21-29,32-34,37,81H2,1-4H3,(H2,82,99)(H,83,97)(H,86,101)(H,87,98)(H,88,103)(H,89,100)(H,90,102)(H,91,105)(H,92,108)(H,93,104)/t38-,39-,46+,53+,54+,55+,56+,57+,58+,59+,62+,73+/m1/s1. The number of primary amides is 1. The summed E-state index contributed by atoms with van der Waals surface area (Å²) in [4.78, 5) is 181. The highest BCUT2D eigenvalue weighted by atomic mass is 19.4. The van der Waals surface area contributed by atoms with Crippen LogP contribution in [0.15, 0.2) is 97.3 Å². The highest BCUT2D eigenvalue weighted by molar-refractivity contribution is 6.01. The molecule has 0 unspecified atom stereocenters. The van der Waals surface area contributed by atoms with Crippen molar-refractivity contribution >= 4 is 92.7 Å². The van der Waals surface area contributed by atoms with Gasteiger partial charge in [0.15, 0.2) is 0 Å². The van der Waals surface area contributed by atoms with Crippen LogP contribution in [0.25, 0.3) is 21.8 Å². The van der Waals surface area contributed by atoms with Gasteiger partial charge in [-0.2, -0.15) is 13.2 Å². The molecule has 4 aliphatic heterocycles. The number of hydrogen-bond donors (Lipinski definition) is 14. The summed E-state index contributed by atoms with van der Waals surface area (Å²) in [6.45, 7) is 2.43. The lowest BCUT2D eigenvalue weighted by atomic mass is 9.94. The zero-order chi connectivity index (χ0) is 79.9. The highest BCUT2D eigenvalue weighted by Gasteiger charge is 2.50. The number of carbonyl (C=O) groups is 12. The van der Waals surface area contributed by atoms with Crippen LogP contribution >= 0.6 is 0 Å². The van der Waals surface area contributed by atoms with Crippen LogP contribution in [-0.2, 0) is 83.2 Å². The monoisotopic (exact) mass is 1540 g/mol. The molecule has 110 heavy (non-hydrogen) atoms. The fourth-order valence-electron chi connectivity index (χ4n) is 13.5. The van der Waals surface area contributed by atoms with Crippen LogP contribution < -0.4 is 68.8 Å². The largest absolute Gasteiger partial charge is 0.497 e. The number of aliphatic hydroxyl groups excluding tert-OH is 1. The van der Waals surface area contributed by atoms with Gasteiger partial charge in [-0.3, -0.25) is 57.5 Å². The van der Waals surface area contributed by atoms with Gasteiger partial charge in [0.25, 0.3) is 0 Å². The van der Waals surface area contributed by atoms with Gasteiger partial charge in [-0.25, -0.2) is 13.2 Å². The van der Waals surface area contributed by atoms with Crippen molar-refractivity contribution in [3.8, 4) is 11.5 Å². The van der Waals surface area contributed by atoms with E-state index >= 15 is 23.2 Å². The molecule has 2 bridgehead atoms. The molecule has 2 aromatic heterocycles. The lowest BCUT2D eigenvalue weighted by Crippen LogP contribution is -2.64. The molecule has 592 valence electrons. The van der Waals surface area contributed by atoms with E-state index in [0.29, 0.717) is 27.9 Å². The maximum Gasteiger partial charge on any atom is 0.397 e. The molecule has 10 rings (SSSR count). The van der Waals surface area contributed by atoms with Crippen molar-refractivity contribution in [1.29, 1.82) is 0 Å². The van der Waals surface area contributed by atoms with E-state index in [1.807, 2.05) is 5.32 Å². The molecule has 4 aliphatic rings. The number of fused-ring (bicyclic) bond motifs is 32. The predicted octanol–water partition coefficient (Wildman–Crippen LogP) is 1.27. The second kappa shape index (κ2) is 36.7. The number of aliphatic hydroxyl groups is 1. The number of ether oxygens (including phenoxy) is 2. The first-order valence-corrected chi connectivity index (χ1v) is 35.8. The topological polar surface area (TPSA) is 442 Å². The predicted molar refractivity (Wildman–Crippen MR) is 384 cm³/mol. The van der Waals surface area contributed by atoms with Gasteiger partial charge in [0.2, 0.25) is 70.9 Å². The van der Waals surface area contributed by atoms with Crippen molar-refractivity contribution in [3.05, 3.63) is 131 Å². The number of aromatic nitrogens is 2. The number of aromatic amines is 2. The third-order valence-corrected chi connectivity index (χ3v) is 19.5. The minimum absolute atomic E-state index is 0.0452. The molecule has 0 radical (unpaired) electrons. The molecule has 12 amide bonds. The molecule has 2 fully saturated rings. The van der Waals surface area contributed by atoms with Crippen LogP contribution in [0.1, 0.15) is 94.4 Å². The molecule has 0 spiro atoms. The average molecular weight is 1540 g/mol. The Labute approximate surface area is 626 Å². The Balaban J connectivity index is 1.08. The molecule has 36 heteroatoms. The van der Waals surface area contributed by atoms with E-state index in [0.717, 1.165) is 43.0 Å². The molecule has 16 N–H and O–H groups in total. The van der Waals surface area contributed by atoms with Gasteiger partial charge in [-0.1, -0.05) is 24.3 Å². The molecule has 6 heterocycles. The second-order valence-electron chi connectivity index (χ2n) is 27.8. The van der Waals surface area contributed by atoms with Crippen LogP contribution in [0, 0.1) is 11.6 Å². The molecule has 0 aliphatic carbocycles. The van der Waals surface area contributed by atoms with Crippen LogP contribution in [0.3, 0.4) is 0 Å². The molecule has 0 saturated carbocycles. The summed E-state index contributed by atoms with van der Waals surface area (Å²) in [7, 11) is 1.43. The number of benzene rings is 4. The molecular formula is C74H89F6N15O15. The van der Waals surface area contributed by atoms with Gasteiger partial charge in [0, 0.05) is 72.8 Å². The minimum atomic E-state index is -5.08. The lowest BCUT2D eigenvalue weighted by Gasteiger charge is -2.37. The van der Waals surface area contributed by atoms with Gasteiger partial charge in [-0.05, 0) is 142 Å². The fraction of sp³-hybridized carbons (Fsp3) is 0.459. The van der Waals surface area contributed by atoms with Crippen molar-refractivity contribution in [2.24, 2.45) is 11.5 Å². The molecule has 6 aromatic rings. The van der Waals surface area contributed by atoms with Gasteiger partial charge in [0.05, 0.1) is 32.7 Å². The average Bonchev–Trinajstić information content (AvgIpc) is 1.58. The van der Waals surface area contributed by atoms with E-state index in [-0.39, 0.29) is 98.8 Å². The van der Waals surface area contributed by atoms with E-state index in [1.54, 1.807) is 24.3 Å². The number of nitrogens with two attached hydrogens (primary N) is 2. The van der Waals surface area contributed by atoms with Crippen LogP contribution in [-0.4, -0.2) is 214 Å². The number of nitrogens with zero attached hydrogens (tertiary/aromatic N) is 2. The number of alkyl halides is 4. The first-order valence-electron chi connectivity index (χ1n) is 35.8. The quantitative estimate of drug-likeness (QED) is 0.0391. The first-order chi connectivity index (χ1) is 52.2. The number of halogens is 6. The Morgan fingerprint density at radius 3 is 1.93 bits per heavy atom. The Kier molecular flexibility index (Phi) is 27.6. The summed E-state index contributed by atoms with van der Waals surface area (Å²) < 4.78 is 98.0. The Morgan fingerprint density at radius 2 is 1.32 bits per heavy atom. The van der Waals surface area contributed by atoms with Gasteiger partial charge >= 0.3 is 6.18 Å². The van der Waals surface area contributed by atoms with Gasteiger partial charge < -0.3 is 93.7 Å². The number of rotatable bonds is 15. The third-order valence-electron chi connectivity index (χ3n) is 19.5. The van der Waals surface area contributed by atoms with Crippen molar-refractivity contribution in [3.63, 3.8) is 0 Å². The molecule has 12 atom stereocenters. The van der Waals surface area contributed by atoms with Crippen molar-refractivity contribution in [2.75, 3.05) is 39.9 Å². The number of methoxy groups -OCH3 is 1. The van der Waals surface area contributed by atoms with Crippen molar-refractivity contribution in [2.45, 2.75) is 176 Å². The summed E-state index contributed by atoms with van der Waals surface area (Å²) >= 11 is 0. The van der Waals surface area contributed by atoms with Crippen LogP contribution in [0.2, 0.25) is 0 Å². The summed E-state index contributed by atoms with van der Waals surface area (Å²) in [5.41, 5.74) is 11.9. The maximum atomic E-state index is 16.2. The van der Waals surface area contributed by atoms with Crippen molar-refractivity contribution in [1.82, 2.24) is 67.6 Å².